The summed E-state index contributed by atoms with van der Waals surface area (Å²) in [5, 5.41) is 8.65. The van der Waals surface area contributed by atoms with E-state index in [1.165, 1.54) is 5.56 Å². The van der Waals surface area contributed by atoms with Crippen LogP contribution in [0.1, 0.15) is 11.1 Å². The van der Waals surface area contributed by atoms with Crippen molar-refractivity contribution in [2.75, 3.05) is 7.05 Å². The molecule has 23 heavy (non-hydrogen) atoms. The molecule has 1 aromatic carbocycles. The van der Waals surface area contributed by atoms with Crippen LogP contribution in [0.4, 0.5) is 0 Å². The molecular formula is C16H19N5OS. The number of aryl methyl sites for hydroxylation is 2. The number of aromatic nitrogens is 4. The zero-order chi connectivity index (χ0) is 16.4. The van der Waals surface area contributed by atoms with E-state index < -0.39 is 0 Å². The third-order valence-electron chi connectivity index (χ3n) is 3.49. The normalized spacial score (nSPS) is 11.3. The average Bonchev–Trinajstić information content (AvgIpc) is 3.06. The molecule has 0 unspecified atom stereocenters. The maximum absolute atomic E-state index is 5.62. The summed E-state index contributed by atoms with van der Waals surface area (Å²) < 4.78 is 9.11. The van der Waals surface area contributed by atoms with Gasteiger partial charge in [0.25, 0.3) is 4.84 Å². The predicted molar refractivity (Wildman–Crippen MR) is 90.2 cm³/mol. The molecule has 0 radical (unpaired) electrons. The van der Waals surface area contributed by atoms with E-state index >= 15 is 0 Å². The van der Waals surface area contributed by atoms with Crippen LogP contribution in [0.3, 0.4) is 0 Å². The molecule has 7 heteroatoms. The van der Waals surface area contributed by atoms with Gasteiger partial charge < -0.3 is 4.42 Å². The van der Waals surface area contributed by atoms with Crippen molar-refractivity contribution in [3.05, 3.63) is 52.6 Å². The third kappa shape index (κ3) is 3.75. The average molecular weight is 329 g/mol. The van der Waals surface area contributed by atoms with Gasteiger partial charge >= 0.3 is 0 Å². The van der Waals surface area contributed by atoms with Gasteiger partial charge in [0.15, 0.2) is 0 Å². The van der Waals surface area contributed by atoms with Crippen LogP contribution in [0.25, 0.3) is 11.5 Å². The molecule has 3 aromatic rings. The van der Waals surface area contributed by atoms with Crippen molar-refractivity contribution >= 4 is 12.2 Å². The van der Waals surface area contributed by atoms with E-state index in [1.54, 1.807) is 9.36 Å². The summed E-state index contributed by atoms with van der Waals surface area (Å²) in [5.74, 6) is 0.546. The van der Waals surface area contributed by atoms with Gasteiger partial charge in [-0.1, -0.05) is 17.7 Å². The standard InChI is InChI=1S/C16H19N5OS/c1-12-4-6-14(7-5-12)15-18-21(16(23)22-15)11-19(2)9-13-8-17-20(3)10-13/h4-8,10H,9,11H2,1-3H3. The first-order valence-corrected chi connectivity index (χ1v) is 7.73. The summed E-state index contributed by atoms with van der Waals surface area (Å²) in [5.41, 5.74) is 3.27. The Hall–Kier alpha value is -2.25. The lowest BCUT2D eigenvalue weighted by Crippen LogP contribution is -2.22. The zero-order valence-corrected chi connectivity index (χ0v) is 14.2. The number of rotatable bonds is 5. The summed E-state index contributed by atoms with van der Waals surface area (Å²) in [6.45, 7) is 3.37. The number of nitrogens with zero attached hydrogens (tertiary/aromatic N) is 5. The lowest BCUT2D eigenvalue weighted by atomic mass is 10.1. The molecule has 0 bridgehead atoms. The fourth-order valence-corrected chi connectivity index (χ4v) is 2.53. The Balaban J connectivity index is 1.73. The quantitative estimate of drug-likeness (QED) is 0.674. The minimum Gasteiger partial charge on any atom is -0.409 e. The molecule has 0 N–H and O–H groups in total. The van der Waals surface area contributed by atoms with Crippen LogP contribution >= 0.6 is 12.2 Å². The van der Waals surface area contributed by atoms with Crippen LogP contribution in [-0.4, -0.2) is 31.5 Å². The van der Waals surface area contributed by atoms with Gasteiger partial charge in [-0.25, -0.2) is 4.68 Å². The summed E-state index contributed by atoms with van der Waals surface area (Å²) in [4.78, 5) is 2.48. The second kappa shape index (κ2) is 6.47. The smallest absolute Gasteiger partial charge is 0.288 e. The molecule has 0 saturated heterocycles. The van der Waals surface area contributed by atoms with Crippen molar-refractivity contribution < 1.29 is 4.42 Å². The molecule has 0 aliphatic carbocycles. The van der Waals surface area contributed by atoms with E-state index in [2.05, 4.69) is 15.1 Å². The minimum absolute atomic E-state index is 0.374. The van der Waals surface area contributed by atoms with E-state index in [1.807, 2.05) is 57.7 Å². The summed E-state index contributed by atoms with van der Waals surface area (Å²) in [7, 11) is 3.92. The predicted octanol–water partition coefficient (Wildman–Crippen LogP) is 3.00. The summed E-state index contributed by atoms with van der Waals surface area (Å²) in [6.07, 6.45) is 3.85. The van der Waals surface area contributed by atoms with Crippen LogP contribution in [-0.2, 0) is 20.3 Å². The molecular weight excluding hydrogens is 310 g/mol. The van der Waals surface area contributed by atoms with Gasteiger partial charge in [0.1, 0.15) is 0 Å². The van der Waals surface area contributed by atoms with Crippen LogP contribution in [0.5, 0.6) is 0 Å². The van der Waals surface area contributed by atoms with Crippen molar-refractivity contribution in [3.8, 4) is 11.5 Å². The van der Waals surface area contributed by atoms with E-state index in [0.29, 0.717) is 17.4 Å². The lowest BCUT2D eigenvalue weighted by Gasteiger charge is -2.14. The Morgan fingerprint density at radius 1 is 1.26 bits per heavy atom. The van der Waals surface area contributed by atoms with Crippen LogP contribution in [0.2, 0.25) is 0 Å². The van der Waals surface area contributed by atoms with Gasteiger partial charge in [0, 0.05) is 30.9 Å². The van der Waals surface area contributed by atoms with Gasteiger partial charge in [-0.15, -0.1) is 5.10 Å². The van der Waals surface area contributed by atoms with Gasteiger partial charge in [0.05, 0.1) is 12.9 Å². The zero-order valence-electron chi connectivity index (χ0n) is 13.4. The van der Waals surface area contributed by atoms with E-state index in [-0.39, 0.29) is 0 Å². The number of hydrogen-bond acceptors (Lipinski definition) is 5. The highest BCUT2D eigenvalue weighted by Crippen LogP contribution is 2.18. The van der Waals surface area contributed by atoms with Crippen LogP contribution in [0.15, 0.2) is 41.1 Å². The summed E-state index contributed by atoms with van der Waals surface area (Å²) >= 11 is 5.28. The lowest BCUT2D eigenvalue weighted by molar-refractivity contribution is 0.240. The highest BCUT2D eigenvalue weighted by molar-refractivity contribution is 7.71. The molecule has 0 amide bonds. The summed E-state index contributed by atoms with van der Waals surface area (Å²) in [6, 6.07) is 8.03. The molecule has 2 aromatic heterocycles. The first-order valence-electron chi connectivity index (χ1n) is 7.32. The highest BCUT2D eigenvalue weighted by atomic mass is 32.1. The Kier molecular flexibility index (Phi) is 4.40. The molecule has 3 rings (SSSR count). The Morgan fingerprint density at radius 3 is 2.65 bits per heavy atom. The maximum Gasteiger partial charge on any atom is 0.288 e. The van der Waals surface area contributed by atoms with Crippen LogP contribution in [0, 0.1) is 11.8 Å². The highest BCUT2D eigenvalue weighted by Gasteiger charge is 2.10. The Morgan fingerprint density at radius 2 is 2.00 bits per heavy atom. The second-order valence-corrected chi connectivity index (χ2v) is 6.07. The van der Waals surface area contributed by atoms with Gasteiger partial charge in [-0.3, -0.25) is 9.58 Å². The SMILES string of the molecule is Cc1ccc(-c2nn(CN(C)Cc3cnn(C)c3)c(=S)o2)cc1. The molecule has 2 heterocycles. The largest absolute Gasteiger partial charge is 0.409 e. The third-order valence-corrected chi connectivity index (χ3v) is 3.79. The topological polar surface area (TPSA) is 52.0 Å². The minimum atomic E-state index is 0.374. The maximum atomic E-state index is 5.62. The van der Waals surface area contributed by atoms with Crippen LogP contribution < -0.4 is 0 Å². The van der Waals surface area contributed by atoms with E-state index in [4.69, 9.17) is 16.6 Å². The fraction of sp³-hybridized carbons (Fsp3) is 0.312. The van der Waals surface area contributed by atoms with Crippen molar-refractivity contribution in [1.29, 1.82) is 0 Å². The first kappa shape index (κ1) is 15.6. The first-order chi connectivity index (χ1) is 11.0. The van der Waals surface area contributed by atoms with Crippen molar-refractivity contribution in [3.63, 3.8) is 0 Å². The second-order valence-electron chi connectivity index (χ2n) is 5.72. The van der Waals surface area contributed by atoms with Crippen molar-refractivity contribution in [1.82, 2.24) is 24.5 Å². The molecule has 0 saturated carbocycles. The molecule has 0 aliphatic rings. The molecule has 120 valence electrons. The molecule has 0 fully saturated rings. The molecule has 6 nitrogen and oxygen atoms in total. The molecule has 0 atom stereocenters. The Bertz CT molecular complexity index is 846. The van der Waals surface area contributed by atoms with Crippen molar-refractivity contribution in [2.24, 2.45) is 7.05 Å². The fourth-order valence-electron chi connectivity index (χ4n) is 2.35. The number of benzene rings is 1. The van der Waals surface area contributed by atoms with E-state index in [9.17, 15) is 0 Å². The molecule has 0 spiro atoms. The van der Waals surface area contributed by atoms with Gasteiger partial charge in [-0.2, -0.15) is 5.10 Å². The monoisotopic (exact) mass is 329 g/mol. The number of hydrogen-bond donors (Lipinski definition) is 0. The van der Waals surface area contributed by atoms with Gasteiger partial charge in [-0.05, 0) is 38.3 Å². The van der Waals surface area contributed by atoms with Gasteiger partial charge in [0.2, 0.25) is 5.89 Å². The Labute approximate surface area is 140 Å². The molecule has 0 aliphatic heterocycles. The van der Waals surface area contributed by atoms with Crippen molar-refractivity contribution in [2.45, 2.75) is 20.1 Å². The van der Waals surface area contributed by atoms with E-state index in [0.717, 1.165) is 17.7 Å².